The standard InChI is InChI=1S/C25H19Br2N3O2/c1-31-24-12-18(11-21(27)25(24)32-15-17-6-8-20(26)9-7-17)10-19(13-28)14-30-16-29-22-4-2-3-5-23(22)30/h2-12,16H,14-15H2,1H3/b19-10-. The van der Waals surface area contributed by atoms with Gasteiger partial charge in [0.15, 0.2) is 11.5 Å². The third-order valence-electron chi connectivity index (χ3n) is 4.90. The van der Waals surface area contributed by atoms with E-state index in [2.05, 4.69) is 42.9 Å². The Kier molecular flexibility index (Phi) is 6.93. The molecule has 0 N–H and O–H groups in total. The van der Waals surface area contributed by atoms with Crippen LogP contribution in [0.2, 0.25) is 0 Å². The first-order valence-electron chi connectivity index (χ1n) is 9.82. The smallest absolute Gasteiger partial charge is 0.175 e. The Morgan fingerprint density at radius 3 is 2.66 bits per heavy atom. The highest BCUT2D eigenvalue weighted by Crippen LogP contribution is 2.38. The molecule has 4 aromatic rings. The summed E-state index contributed by atoms with van der Waals surface area (Å²) in [6.07, 6.45) is 3.60. The summed E-state index contributed by atoms with van der Waals surface area (Å²) in [5, 5.41) is 9.72. The number of ether oxygens (including phenoxy) is 2. The van der Waals surface area contributed by atoms with Crippen molar-refractivity contribution in [1.82, 2.24) is 9.55 Å². The first-order chi connectivity index (χ1) is 15.6. The second kappa shape index (κ2) is 10.0. The number of allylic oxidation sites excluding steroid dienone is 1. The van der Waals surface area contributed by atoms with E-state index in [9.17, 15) is 5.26 Å². The average molecular weight is 553 g/mol. The van der Waals surface area contributed by atoms with Crippen molar-refractivity contribution in [3.8, 4) is 17.6 Å². The molecule has 0 aliphatic rings. The van der Waals surface area contributed by atoms with E-state index in [0.717, 1.165) is 31.1 Å². The molecular weight excluding hydrogens is 534 g/mol. The maximum Gasteiger partial charge on any atom is 0.175 e. The second-order valence-electron chi connectivity index (χ2n) is 7.09. The van der Waals surface area contributed by atoms with Gasteiger partial charge in [-0.3, -0.25) is 0 Å². The Balaban J connectivity index is 1.57. The number of nitriles is 1. The Labute approximate surface area is 203 Å². The number of imidazole rings is 1. The Morgan fingerprint density at radius 2 is 1.91 bits per heavy atom. The van der Waals surface area contributed by atoms with E-state index in [1.807, 2.05) is 71.3 Å². The molecule has 0 aliphatic carbocycles. The van der Waals surface area contributed by atoms with Gasteiger partial charge in [-0.25, -0.2) is 4.98 Å². The van der Waals surface area contributed by atoms with Crippen LogP contribution in [0.1, 0.15) is 11.1 Å². The number of rotatable bonds is 7. The van der Waals surface area contributed by atoms with Crippen LogP contribution in [0.5, 0.6) is 11.5 Å². The summed E-state index contributed by atoms with van der Waals surface area (Å²) in [7, 11) is 1.60. The van der Waals surface area contributed by atoms with Crippen LogP contribution in [0.15, 0.2) is 81.5 Å². The minimum absolute atomic E-state index is 0.411. The lowest BCUT2D eigenvalue weighted by Gasteiger charge is -2.14. The van der Waals surface area contributed by atoms with E-state index in [-0.39, 0.29) is 0 Å². The van der Waals surface area contributed by atoms with E-state index in [4.69, 9.17) is 9.47 Å². The van der Waals surface area contributed by atoms with Crippen LogP contribution in [0.3, 0.4) is 0 Å². The van der Waals surface area contributed by atoms with Crippen LogP contribution in [-0.4, -0.2) is 16.7 Å². The van der Waals surface area contributed by atoms with Crippen molar-refractivity contribution < 1.29 is 9.47 Å². The van der Waals surface area contributed by atoms with E-state index in [1.54, 1.807) is 13.4 Å². The summed E-state index contributed by atoms with van der Waals surface area (Å²) in [5.41, 5.74) is 4.38. The fraction of sp³-hybridized carbons (Fsp3) is 0.120. The number of halogens is 2. The minimum Gasteiger partial charge on any atom is -0.493 e. The number of hydrogen-bond donors (Lipinski definition) is 0. The summed E-state index contributed by atoms with van der Waals surface area (Å²) in [5.74, 6) is 1.21. The van der Waals surface area contributed by atoms with Crippen LogP contribution in [-0.2, 0) is 13.2 Å². The van der Waals surface area contributed by atoms with Crippen molar-refractivity contribution in [2.75, 3.05) is 7.11 Å². The highest BCUT2D eigenvalue weighted by molar-refractivity contribution is 9.10. The molecule has 0 aliphatic heterocycles. The van der Waals surface area contributed by atoms with Gasteiger partial charge in [0, 0.05) is 10.0 Å². The molecule has 0 radical (unpaired) electrons. The SMILES string of the molecule is COc1cc(/C=C(/C#N)Cn2cnc3ccccc32)cc(Br)c1OCc1ccc(Br)cc1. The molecular formula is C25H19Br2N3O2. The van der Waals surface area contributed by atoms with Gasteiger partial charge >= 0.3 is 0 Å². The number of aromatic nitrogens is 2. The molecule has 4 rings (SSSR count). The van der Waals surface area contributed by atoms with Crippen LogP contribution < -0.4 is 9.47 Å². The zero-order valence-corrected chi connectivity index (χ0v) is 20.4. The summed E-state index contributed by atoms with van der Waals surface area (Å²) in [4.78, 5) is 4.40. The minimum atomic E-state index is 0.411. The number of benzene rings is 3. The molecule has 7 heteroatoms. The lowest BCUT2D eigenvalue weighted by molar-refractivity contribution is 0.282. The molecule has 0 fully saturated rings. The van der Waals surface area contributed by atoms with Crippen LogP contribution in [0.25, 0.3) is 17.1 Å². The van der Waals surface area contributed by atoms with Gasteiger partial charge in [0.2, 0.25) is 0 Å². The van der Waals surface area contributed by atoms with Crippen molar-refractivity contribution in [3.05, 3.63) is 92.6 Å². The number of nitrogens with zero attached hydrogens (tertiary/aromatic N) is 3. The third-order valence-corrected chi connectivity index (χ3v) is 6.02. The van der Waals surface area contributed by atoms with Gasteiger partial charge in [-0.05, 0) is 69.5 Å². The number of methoxy groups -OCH3 is 1. The van der Waals surface area contributed by atoms with Crippen molar-refractivity contribution >= 4 is 49.0 Å². The first-order valence-corrected chi connectivity index (χ1v) is 11.4. The Morgan fingerprint density at radius 1 is 1.12 bits per heavy atom. The predicted octanol–water partition coefficient (Wildman–Crippen LogP) is 6.76. The topological polar surface area (TPSA) is 60.1 Å². The predicted molar refractivity (Wildman–Crippen MR) is 132 cm³/mol. The molecule has 32 heavy (non-hydrogen) atoms. The average Bonchev–Trinajstić information content (AvgIpc) is 3.21. The lowest BCUT2D eigenvalue weighted by atomic mass is 10.1. The van der Waals surface area contributed by atoms with Crippen molar-refractivity contribution in [2.45, 2.75) is 13.2 Å². The molecule has 5 nitrogen and oxygen atoms in total. The van der Waals surface area contributed by atoms with Gasteiger partial charge in [-0.2, -0.15) is 5.26 Å². The number of hydrogen-bond acceptors (Lipinski definition) is 4. The monoisotopic (exact) mass is 551 g/mol. The molecule has 1 aromatic heterocycles. The first kappa shape index (κ1) is 22.1. The van der Waals surface area contributed by atoms with Gasteiger partial charge in [0.1, 0.15) is 6.61 Å². The van der Waals surface area contributed by atoms with Crippen molar-refractivity contribution in [1.29, 1.82) is 5.26 Å². The van der Waals surface area contributed by atoms with Crippen LogP contribution in [0.4, 0.5) is 0 Å². The van der Waals surface area contributed by atoms with Gasteiger partial charge in [-0.1, -0.05) is 40.2 Å². The highest BCUT2D eigenvalue weighted by Gasteiger charge is 2.12. The lowest BCUT2D eigenvalue weighted by Crippen LogP contribution is -2.00. The zero-order chi connectivity index (χ0) is 22.5. The molecule has 0 bridgehead atoms. The van der Waals surface area contributed by atoms with E-state index in [1.165, 1.54) is 0 Å². The quantitative estimate of drug-likeness (QED) is 0.238. The van der Waals surface area contributed by atoms with Crippen molar-refractivity contribution in [2.24, 2.45) is 0 Å². The molecule has 3 aromatic carbocycles. The maximum absolute atomic E-state index is 9.72. The normalized spacial score (nSPS) is 11.4. The Bertz CT molecular complexity index is 1320. The van der Waals surface area contributed by atoms with E-state index in [0.29, 0.717) is 30.2 Å². The highest BCUT2D eigenvalue weighted by atomic mass is 79.9. The molecule has 0 atom stereocenters. The molecule has 0 saturated carbocycles. The third kappa shape index (κ3) is 5.04. The fourth-order valence-electron chi connectivity index (χ4n) is 3.33. The number of fused-ring (bicyclic) bond motifs is 1. The summed E-state index contributed by atoms with van der Waals surface area (Å²) >= 11 is 7.03. The Hall–Kier alpha value is -3.08. The number of para-hydroxylation sites is 2. The summed E-state index contributed by atoms with van der Waals surface area (Å²) < 4.78 is 15.3. The van der Waals surface area contributed by atoms with Crippen LogP contribution in [0, 0.1) is 11.3 Å². The van der Waals surface area contributed by atoms with Crippen LogP contribution >= 0.6 is 31.9 Å². The largest absolute Gasteiger partial charge is 0.493 e. The van der Waals surface area contributed by atoms with E-state index < -0.39 is 0 Å². The summed E-state index contributed by atoms with van der Waals surface area (Å²) in [6.45, 7) is 0.841. The molecule has 1 heterocycles. The summed E-state index contributed by atoms with van der Waals surface area (Å²) in [6, 6.07) is 21.9. The molecule has 0 amide bonds. The van der Waals surface area contributed by atoms with E-state index >= 15 is 0 Å². The van der Waals surface area contributed by atoms with Gasteiger partial charge in [-0.15, -0.1) is 0 Å². The molecule has 0 saturated heterocycles. The molecule has 0 spiro atoms. The van der Waals surface area contributed by atoms with Gasteiger partial charge in [0.25, 0.3) is 0 Å². The van der Waals surface area contributed by atoms with Gasteiger partial charge in [0.05, 0.1) is 41.6 Å². The maximum atomic E-state index is 9.72. The van der Waals surface area contributed by atoms with Gasteiger partial charge < -0.3 is 14.0 Å². The zero-order valence-electron chi connectivity index (χ0n) is 17.3. The van der Waals surface area contributed by atoms with Crippen molar-refractivity contribution in [3.63, 3.8) is 0 Å². The molecule has 160 valence electrons. The fourth-order valence-corrected chi connectivity index (χ4v) is 4.17. The molecule has 0 unspecified atom stereocenters. The second-order valence-corrected chi connectivity index (χ2v) is 8.86.